The maximum absolute atomic E-state index is 6.02. The fraction of sp³-hybridized carbons (Fsp3) is 0.235. The van der Waals surface area contributed by atoms with E-state index in [4.69, 9.17) is 34.8 Å². The molecule has 0 amide bonds. The highest BCUT2D eigenvalue weighted by Crippen LogP contribution is 2.20. The van der Waals surface area contributed by atoms with Crippen molar-refractivity contribution in [1.82, 2.24) is 15.3 Å². The van der Waals surface area contributed by atoms with Crippen molar-refractivity contribution in [2.24, 2.45) is 0 Å². The summed E-state index contributed by atoms with van der Waals surface area (Å²) in [6.07, 6.45) is 0.792. The Morgan fingerprint density at radius 3 is 2.52 bits per heavy atom. The van der Waals surface area contributed by atoms with Crippen molar-refractivity contribution in [3.05, 3.63) is 62.9 Å². The van der Waals surface area contributed by atoms with Crippen LogP contribution in [0.1, 0.15) is 18.3 Å². The number of aromatic nitrogens is 2. The van der Waals surface area contributed by atoms with Crippen molar-refractivity contribution < 1.29 is 0 Å². The molecule has 3 rings (SSSR count). The molecular formula is C17H16Cl3N3. The van der Waals surface area contributed by atoms with Crippen molar-refractivity contribution in [1.29, 1.82) is 0 Å². The molecule has 0 saturated heterocycles. The van der Waals surface area contributed by atoms with Gasteiger partial charge in [0, 0.05) is 34.1 Å². The third kappa shape index (κ3) is 4.39. The first-order valence-electron chi connectivity index (χ1n) is 7.32. The van der Waals surface area contributed by atoms with E-state index in [1.807, 2.05) is 30.3 Å². The highest BCUT2D eigenvalue weighted by atomic mass is 35.5. The molecule has 0 bridgehead atoms. The van der Waals surface area contributed by atoms with Gasteiger partial charge < -0.3 is 10.3 Å². The van der Waals surface area contributed by atoms with Crippen LogP contribution >= 0.6 is 34.8 Å². The summed E-state index contributed by atoms with van der Waals surface area (Å²) in [5.41, 5.74) is 2.95. The number of aromatic amines is 1. The third-order valence-corrected chi connectivity index (χ3v) is 4.24. The van der Waals surface area contributed by atoms with E-state index >= 15 is 0 Å². The highest BCUT2D eigenvalue weighted by molar-refractivity contribution is 6.34. The lowest BCUT2D eigenvalue weighted by Gasteiger charge is -2.13. The van der Waals surface area contributed by atoms with Gasteiger partial charge in [-0.05, 0) is 48.9 Å². The quantitative estimate of drug-likeness (QED) is 0.646. The first-order valence-corrected chi connectivity index (χ1v) is 8.45. The first-order chi connectivity index (χ1) is 11.0. The Morgan fingerprint density at radius 2 is 1.78 bits per heavy atom. The molecule has 1 unspecified atom stereocenters. The van der Waals surface area contributed by atoms with Gasteiger partial charge in [-0.15, -0.1) is 0 Å². The highest BCUT2D eigenvalue weighted by Gasteiger charge is 2.09. The molecule has 23 heavy (non-hydrogen) atoms. The summed E-state index contributed by atoms with van der Waals surface area (Å²) in [4.78, 5) is 7.89. The molecule has 0 spiro atoms. The van der Waals surface area contributed by atoms with E-state index in [9.17, 15) is 0 Å². The zero-order valence-corrected chi connectivity index (χ0v) is 14.8. The van der Waals surface area contributed by atoms with Crippen LogP contribution in [0.5, 0.6) is 0 Å². The first kappa shape index (κ1) is 16.6. The van der Waals surface area contributed by atoms with Gasteiger partial charge in [0.2, 0.25) is 0 Å². The number of nitrogens with one attached hydrogen (secondary N) is 2. The maximum atomic E-state index is 6.02. The SMILES string of the molecule is CC(Cc1nc2ccc(Cl)cc2[nH]1)NCc1cc(Cl)cc(Cl)c1. The van der Waals surface area contributed by atoms with Gasteiger partial charge in [-0.2, -0.15) is 0 Å². The second kappa shape index (κ2) is 7.10. The Kier molecular flexibility index (Phi) is 5.12. The molecule has 0 saturated carbocycles. The van der Waals surface area contributed by atoms with Gasteiger partial charge in [-0.3, -0.25) is 0 Å². The fourth-order valence-electron chi connectivity index (χ4n) is 2.50. The number of halogens is 3. The summed E-state index contributed by atoms with van der Waals surface area (Å²) < 4.78 is 0. The van der Waals surface area contributed by atoms with Crippen LogP contribution < -0.4 is 5.32 Å². The number of fused-ring (bicyclic) bond motifs is 1. The second-order valence-electron chi connectivity index (χ2n) is 5.61. The lowest BCUT2D eigenvalue weighted by molar-refractivity contribution is 0.536. The van der Waals surface area contributed by atoms with Gasteiger partial charge in [0.15, 0.2) is 0 Å². The molecule has 3 nitrogen and oxygen atoms in total. The molecule has 1 heterocycles. The molecule has 2 aromatic carbocycles. The smallest absolute Gasteiger partial charge is 0.108 e. The molecule has 2 N–H and O–H groups in total. The predicted molar refractivity (Wildman–Crippen MR) is 97.6 cm³/mol. The molecule has 120 valence electrons. The van der Waals surface area contributed by atoms with Gasteiger partial charge in [-0.25, -0.2) is 4.98 Å². The summed E-state index contributed by atoms with van der Waals surface area (Å²) in [5, 5.41) is 5.46. The van der Waals surface area contributed by atoms with Crippen molar-refractivity contribution in [2.75, 3.05) is 0 Å². The van der Waals surface area contributed by atoms with E-state index in [1.54, 1.807) is 6.07 Å². The number of benzene rings is 2. The Balaban J connectivity index is 1.62. The number of hydrogen-bond acceptors (Lipinski definition) is 2. The van der Waals surface area contributed by atoms with Crippen LogP contribution in [0, 0.1) is 0 Å². The van der Waals surface area contributed by atoms with Crippen LogP contribution in [-0.2, 0) is 13.0 Å². The minimum atomic E-state index is 0.254. The average molecular weight is 369 g/mol. The molecule has 6 heteroatoms. The molecular weight excluding hydrogens is 353 g/mol. The van der Waals surface area contributed by atoms with Crippen molar-refractivity contribution in [3.8, 4) is 0 Å². The van der Waals surface area contributed by atoms with Crippen molar-refractivity contribution >= 4 is 45.8 Å². The van der Waals surface area contributed by atoms with E-state index in [0.29, 0.717) is 21.6 Å². The van der Waals surface area contributed by atoms with Crippen LogP contribution in [-0.4, -0.2) is 16.0 Å². The van der Waals surface area contributed by atoms with E-state index in [2.05, 4.69) is 22.2 Å². The van der Waals surface area contributed by atoms with Crippen LogP contribution in [0.15, 0.2) is 36.4 Å². The standard InChI is InChI=1S/C17H16Cl3N3/c1-10(21-9-11-5-13(19)7-14(20)6-11)4-17-22-15-3-2-12(18)8-16(15)23-17/h2-3,5-8,10,21H,4,9H2,1H3,(H,22,23). The van der Waals surface area contributed by atoms with E-state index in [-0.39, 0.29) is 6.04 Å². The monoisotopic (exact) mass is 367 g/mol. The molecule has 0 aliphatic heterocycles. The van der Waals surface area contributed by atoms with Crippen molar-refractivity contribution in [3.63, 3.8) is 0 Å². The Bertz CT molecular complexity index is 809. The van der Waals surface area contributed by atoms with E-state index in [1.165, 1.54) is 0 Å². The van der Waals surface area contributed by atoms with Gasteiger partial charge >= 0.3 is 0 Å². The van der Waals surface area contributed by atoms with Gasteiger partial charge in [0.05, 0.1) is 11.0 Å². The maximum Gasteiger partial charge on any atom is 0.108 e. The molecule has 0 aliphatic rings. The van der Waals surface area contributed by atoms with E-state index in [0.717, 1.165) is 28.8 Å². The Morgan fingerprint density at radius 1 is 1.04 bits per heavy atom. The fourth-order valence-corrected chi connectivity index (χ4v) is 3.24. The number of rotatable bonds is 5. The van der Waals surface area contributed by atoms with Crippen LogP contribution in [0.4, 0.5) is 0 Å². The molecule has 1 aromatic heterocycles. The summed E-state index contributed by atoms with van der Waals surface area (Å²) >= 11 is 18.0. The number of H-pyrrole nitrogens is 1. The van der Waals surface area contributed by atoms with Crippen LogP contribution in [0.25, 0.3) is 11.0 Å². The van der Waals surface area contributed by atoms with Crippen LogP contribution in [0.3, 0.4) is 0 Å². The van der Waals surface area contributed by atoms with Crippen molar-refractivity contribution in [2.45, 2.75) is 25.9 Å². The third-order valence-electron chi connectivity index (χ3n) is 3.57. The normalized spacial score (nSPS) is 12.7. The van der Waals surface area contributed by atoms with Gasteiger partial charge in [0.25, 0.3) is 0 Å². The van der Waals surface area contributed by atoms with Gasteiger partial charge in [0.1, 0.15) is 5.82 Å². The minimum absolute atomic E-state index is 0.254. The largest absolute Gasteiger partial charge is 0.342 e. The van der Waals surface area contributed by atoms with Crippen LogP contribution in [0.2, 0.25) is 15.1 Å². The summed E-state index contributed by atoms with van der Waals surface area (Å²) in [5.74, 6) is 0.936. The number of hydrogen-bond donors (Lipinski definition) is 2. The molecule has 0 radical (unpaired) electrons. The molecule has 3 aromatic rings. The topological polar surface area (TPSA) is 40.7 Å². The Hall–Kier alpha value is -1.26. The molecule has 0 aliphatic carbocycles. The molecule has 0 fully saturated rings. The summed E-state index contributed by atoms with van der Waals surface area (Å²) in [7, 11) is 0. The summed E-state index contributed by atoms with van der Waals surface area (Å²) in [6, 6.07) is 11.5. The number of imidazole rings is 1. The lowest BCUT2D eigenvalue weighted by atomic mass is 10.2. The number of nitrogens with zero attached hydrogens (tertiary/aromatic N) is 1. The minimum Gasteiger partial charge on any atom is -0.342 e. The lowest BCUT2D eigenvalue weighted by Crippen LogP contribution is -2.28. The molecule has 1 atom stereocenters. The summed E-state index contributed by atoms with van der Waals surface area (Å²) in [6.45, 7) is 2.82. The zero-order chi connectivity index (χ0) is 16.4. The van der Waals surface area contributed by atoms with E-state index < -0.39 is 0 Å². The predicted octanol–water partition coefficient (Wildman–Crippen LogP) is 5.24. The Labute approximate surface area is 150 Å². The zero-order valence-electron chi connectivity index (χ0n) is 12.5. The average Bonchev–Trinajstić information content (AvgIpc) is 2.85. The van der Waals surface area contributed by atoms with Gasteiger partial charge in [-0.1, -0.05) is 34.8 Å². The second-order valence-corrected chi connectivity index (χ2v) is 6.92.